The first kappa shape index (κ1) is 23.8. The number of nitrogens with two attached hydrogens (primary N) is 1. The molecule has 0 saturated carbocycles. The molecule has 2 aliphatic heterocycles. The van der Waals surface area contributed by atoms with E-state index in [9.17, 15) is 29.1 Å². The van der Waals surface area contributed by atoms with Crippen molar-refractivity contribution < 1.29 is 38.7 Å². The fourth-order valence-corrected chi connectivity index (χ4v) is 4.85. The quantitative estimate of drug-likeness (QED) is 0.140. The molecule has 0 aromatic carbocycles. The maximum absolute atomic E-state index is 12.8. The molecule has 176 valence electrons. The summed E-state index contributed by atoms with van der Waals surface area (Å²) >= 11 is 1.13. The topological polar surface area (TPSA) is 203 Å². The Morgan fingerprint density at radius 1 is 1.45 bits per heavy atom. The first-order valence-electron chi connectivity index (χ1n) is 9.40. The summed E-state index contributed by atoms with van der Waals surface area (Å²) in [6, 6.07) is 3.57. The number of nitrogens with zero attached hydrogens (tertiary/aromatic N) is 3. The van der Waals surface area contributed by atoms with E-state index >= 15 is 0 Å². The van der Waals surface area contributed by atoms with Crippen LogP contribution >= 0.6 is 11.8 Å². The van der Waals surface area contributed by atoms with E-state index in [4.69, 9.17) is 10.6 Å². The second-order valence-electron chi connectivity index (χ2n) is 7.10. The third-order valence-electron chi connectivity index (χ3n) is 4.97. The minimum absolute atomic E-state index is 0.0242. The number of carbonyl (C=O) groups excluding carboxylic acids is 4. The van der Waals surface area contributed by atoms with Crippen LogP contribution in [-0.4, -0.2) is 88.4 Å². The number of nitrogens with one attached hydrogen (secondary N) is 2. The first-order chi connectivity index (χ1) is 15.7. The van der Waals surface area contributed by atoms with Crippen LogP contribution in [0.25, 0.3) is 0 Å². The third kappa shape index (κ3) is 4.82. The number of amides is 4. The minimum atomic E-state index is -1.51. The number of hydrogen-bond acceptors (Lipinski definition) is 10. The molecule has 15 heteroatoms. The molecule has 2 saturated heterocycles. The molecule has 1 aromatic rings. The second kappa shape index (κ2) is 9.72. The second-order valence-corrected chi connectivity index (χ2v) is 8.21. The van der Waals surface area contributed by atoms with E-state index in [-0.39, 0.29) is 29.5 Å². The van der Waals surface area contributed by atoms with E-state index in [2.05, 4.69) is 25.5 Å². The molecule has 1 aromatic heterocycles. The van der Waals surface area contributed by atoms with Gasteiger partial charge >= 0.3 is 12.1 Å². The lowest BCUT2D eigenvalue weighted by atomic mass is 9.88. The Kier molecular flexibility index (Phi) is 7.01. The van der Waals surface area contributed by atoms with Gasteiger partial charge in [-0.05, 0) is 12.1 Å². The molecule has 4 amide bonds. The van der Waals surface area contributed by atoms with Gasteiger partial charge in [0.25, 0.3) is 5.91 Å². The van der Waals surface area contributed by atoms with Gasteiger partial charge in [-0.25, -0.2) is 9.78 Å². The zero-order chi connectivity index (χ0) is 24.2. The number of ether oxygens (including phenoxy) is 1. The summed E-state index contributed by atoms with van der Waals surface area (Å²) in [5, 5.41) is 17.7. The number of carbonyl (C=O) groups is 5. The van der Waals surface area contributed by atoms with Crippen molar-refractivity contribution in [3.8, 4) is 0 Å². The van der Waals surface area contributed by atoms with Crippen molar-refractivity contribution in [2.75, 3.05) is 31.3 Å². The highest BCUT2D eigenvalue weighted by atomic mass is 32.2. The van der Waals surface area contributed by atoms with Crippen LogP contribution in [0.3, 0.4) is 0 Å². The van der Waals surface area contributed by atoms with Crippen LogP contribution in [0.2, 0.25) is 0 Å². The number of hydrogen-bond donors (Lipinski definition) is 4. The predicted molar refractivity (Wildman–Crippen MR) is 113 cm³/mol. The zero-order valence-corrected chi connectivity index (χ0v) is 18.0. The Morgan fingerprint density at radius 2 is 2.21 bits per heavy atom. The Morgan fingerprint density at radius 3 is 2.85 bits per heavy atom. The SMILES string of the molecule is CON=C(C(=O)NC1C(=O)N2CC(COC(N)=O)(C(=O)O)CS[C@H]12)c1cccc(NC=O)n1. The van der Waals surface area contributed by atoms with Gasteiger partial charge in [0.2, 0.25) is 12.3 Å². The summed E-state index contributed by atoms with van der Waals surface area (Å²) in [6.07, 6.45) is -0.693. The molecule has 3 atom stereocenters. The summed E-state index contributed by atoms with van der Waals surface area (Å²) < 4.78 is 4.69. The number of anilines is 1. The van der Waals surface area contributed by atoms with Crippen LogP contribution in [-0.2, 0) is 28.8 Å². The first-order valence-corrected chi connectivity index (χ1v) is 10.4. The van der Waals surface area contributed by atoms with Crippen molar-refractivity contribution in [3.63, 3.8) is 0 Å². The number of pyridine rings is 1. The van der Waals surface area contributed by atoms with Crippen LogP contribution in [0.4, 0.5) is 10.6 Å². The van der Waals surface area contributed by atoms with Crippen molar-refractivity contribution in [2.24, 2.45) is 16.3 Å². The van der Waals surface area contributed by atoms with E-state index in [1.54, 1.807) is 6.07 Å². The largest absolute Gasteiger partial charge is 0.481 e. The lowest BCUT2D eigenvalue weighted by Gasteiger charge is -2.53. The Hall–Kier alpha value is -3.88. The molecular weight excluding hydrogens is 460 g/mol. The molecule has 14 nitrogen and oxygen atoms in total. The van der Waals surface area contributed by atoms with Crippen molar-refractivity contribution in [1.82, 2.24) is 15.2 Å². The maximum atomic E-state index is 12.8. The Balaban J connectivity index is 1.72. The molecule has 0 radical (unpaired) electrons. The van der Waals surface area contributed by atoms with Crippen LogP contribution in [0, 0.1) is 5.41 Å². The van der Waals surface area contributed by atoms with Crippen LogP contribution < -0.4 is 16.4 Å². The summed E-state index contributed by atoms with van der Waals surface area (Å²) in [6.45, 7) is -0.696. The van der Waals surface area contributed by atoms with Crippen molar-refractivity contribution >= 4 is 53.6 Å². The molecule has 3 rings (SSSR count). The normalized spacial score (nSPS) is 24.1. The molecule has 0 spiro atoms. The van der Waals surface area contributed by atoms with E-state index in [0.29, 0.717) is 6.41 Å². The third-order valence-corrected chi connectivity index (χ3v) is 6.56. The van der Waals surface area contributed by atoms with Crippen molar-refractivity contribution in [2.45, 2.75) is 11.4 Å². The number of β-lactam (4-membered cyclic amide) rings is 1. The number of aromatic nitrogens is 1. The Labute approximate surface area is 190 Å². The highest BCUT2D eigenvalue weighted by Gasteiger charge is 2.58. The molecule has 2 fully saturated rings. The average molecular weight is 480 g/mol. The van der Waals surface area contributed by atoms with Crippen molar-refractivity contribution in [1.29, 1.82) is 0 Å². The molecule has 0 bridgehead atoms. The molecule has 2 unspecified atom stereocenters. The number of carboxylic acid groups (broad SMARTS) is 1. The molecule has 5 N–H and O–H groups in total. The van der Waals surface area contributed by atoms with E-state index in [0.717, 1.165) is 11.8 Å². The minimum Gasteiger partial charge on any atom is -0.481 e. The maximum Gasteiger partial charge on any atom is 0.404 e. The fourth-order valence-electron chi connectivity index (χ4n) is 3.33. The molecule has 2 aliphatic rings. The number of carboxylic acids is 1. The highest BCUT2D eigenvalue weighted by molar-refractivity contribution is 8.00. The van der Waals surface area contributed by atoms with Gasteiger partial charge in [-0.2, -0.15) is 0 Å². The van der Waals surface area contributed by atoms with Gasteiger partial charge in [0, 0.05) is 12.3 Å². The van der Waals surface area contributed by atoms with Crippen molar-refractivity contribution in [3.05, 3.63) is 23.9 Å². The summed E-state index contributed by atoms with van der Waals surface area (Å²) in [5.74, 6) is -2.30. The number of rotatable bonds is 9. The number of oxime groups is 1. The van der Waals surface area contributed by atoms with E-state index in [1.807, 2.05) is 0 Å². The molecule has 3 heterocycles. The van der Waals surface area contributed by atoms with E-state index in [1.165, 1.54) is 24.1 Å². The monoisotopic (exact) mass is 480 g/mol. The summed E-state index contributed by atoms with van der Waals surface area (Å²) in [7, 11) is 1.23. The lowest BCUT2D eigenvalue weighted by Crippen LogP contribution is -2.74. The van der Waals surface area contributed by atoms with Crippen LogP contribution in [0.5, 0.6) is 0 Å². The lowest BCUT2D eigenvalue weighted by molar-refractivity contribution is -0.160. The number of primary amides is 1. The van der Waals surface area contributed by atoms with Crippen LogP contribution in [0.15, 0.2) is 23.4 Å². The molecular formula is C18H20N6O8S. The van der Waals surface area contributed by atoms with Gasteiger partial charge in [0.15, 0.2) is 5.71 Å². The Bertz CT molecular complexity index is 1020. The van der Waals surface area contributed by atoms with Gasteiger partial charge in [0.1, 0.15) is 42.1 Å². The van der Waals surface area contributed by atoms with Gasteiger partial charge in [-0.3, -0.25) is 19.2 Å². The number of fused-ring (bicyclic) bond motifs is 1. The predicted octanol–water partition coefficient (Wildman–Crippen LogP) is -1.43. The fraction of sp³-hybridized carbons (Fsp3) is 0.389. The number of thioether (sulfide) groups is 1. The van der Waals surface area contributed by atoms with E-state index < -0.39 is 47.3 Å². The smallest absolute Gasteiger partial charge is 0.404 e. The molecule has 33 heavy (non-hydrogen) atoms. The summed E-state index contributed by atoms with van der Waals surface area (Å²) in [4.78, 5) is 69.0. The summed E-state index contributed by atoms with van der Waals surface area (Å²) in [5.41, 5.74) is 3.29. The van der Waals surface area contributed by atoms with Gasteiger partial charge in [-0.15, -0.1) is 11.8 Å². The standard InChI is InChI=1S/C18H20N6O8S/c1-31-23-11(9-3-2-4-10(21-9)20-8-25)13(26)22-12-14(27)24-5-18(16(28)29,6-32-17(19)30)7-33-15(12)24/h2-4,8,12,15H,5-7H2,1H3,(H2,19,30)(H,22,26)(H,28,29)(H,20,21,25)/t12?,15-,18?/m1/s1. The number of aliphatic carboxylic acids is 1. The van der Waals surface area contributed by atoms with Gasteiger partial charge < -0.3 is 35.9 Å². The van der Waals surface area contributed by atoms with Crippen LogP contribution in [0.1, 0.15) is 5.69 Å². The average Bonchev–Trinajstić information content (AvgIpc) is 2.79. The zero-order valence-electron chi connectivity index (χ0n) is 17.2. The molecule has 0 aliphatic carbocycles. The van der Waals surface area contributed by atoms with Gasteiger partial charge in [0.05, 0.1) is 0 Å². The highest BCUT2D eigenvalue weighted by Crippen LogP contribution is 2.42. The van der Waals surface area contributed by atoms with Gasteiger partial charge in [-0.1, -0.05) is 11.2 Å².